The second kappa shape index (κ2) is 15.2. The topological polar surface area (TPSA) is 117 Å². The number of carbonyl (C=O) groups excluding carboxylic acids is 1. The number of amides is 1. The molecular formula is C33H44Cl2N4O4S. The van der Waals surface area contributed by atoms with Gasteiger partial charge in [-0.25, -0.2) is 0 Å². The highest BCUT2D eigenvalue weighted by atomic mass is 35.5. The molecule has 1 heterocycles. The summed E-state index contributed by atoms with van der Waals surface area (Å²) in [5, 5.41) is 22.1. The lowest BCUT2D eigenvalue weighted by Crippen LogP contribution is -2.51. The summed E-state index contributed by atoms with van der Waals surface area (Å²) in [7, 11) is -2.95. The van der Waals surface area contributed by atoms with E-state index in [1.807, 2.05) is 61.5 Å². The van der Waals surface area contributed by atoms with Crippen LogP contribution in [0.4, 0.5) is 11.4 Å². The minimum Gasteiger partial charge on any atom is -0.390 e. The van der Waals surface area contributed by atoms with Gasteiger partial charge in [-0.05, 0) is 86.9 Å². The lowest BCUT2D eigenvalue weighted by Gasteiger charge is -2.47. The Labute approximate surface area is 273 Å². The van der Waals surface area contributed by atoms with Crippen LogP contribution >= 0.6 is 34.8 Å². The average Bonchev–Trinajstić information content (AvgIpc) is 3.75. The van der Waals surface area contributed by atoms with Crippen molar-refractivity contribution >= 4 is 52.1 Å². The van der Waals surface area contributed by atoms with Crippen molar-refractivity contribution < 1.29 is 19.0 Å². The van der Waals surface area contributed by atoms with Gasteiger partial charge in [0.05, 0.1) is 23.6 Å². The molecule has 1 amide bonds. The van der Waals surface area contributed by atoms with Crippen LogP contribution in [0.25, 0.3) is 0 Å². The second-order valence-corrected chi connectivity index (χ2v) is 14.3. The van der Waals surface area contributed by atoms with E-state index in [1.165, 1.54) is 0 Å². The molecule has 0 radical (unpaired) electrons. The van der Waals surface area contributed by atoms with Crippen molar-refractivity contribution in [3.8, 4) is 0 Å². The predicted octanol–water partition coefficient (Wildman–Crippen LogP) is 6.53. The molecular weight excluding hydrogens is 619 g/mol. The number of aliphatic hydroxyl groups excluding tert-OH is 1. The average molecular weight is 664 g/mol. The van der Waals surface area contributed by atoms with E-state index in [9.17, 15) is 19.0 Å². The molecule has 2 fully saturated rings. The smallest absolute Gasteiger partial charge is 0.251 e. The quantitative estimate of drug-likeness (QED) is 0.123. The Balaban J connectivity index is 0.00000442. The molecule has 2 atom stereocenters. The number of nitrogens with one attached hydrogen (secondary N) is 3. The van der Waals surface area contributed by atoms with Crippen molar-refractivity contribution in [2.45, 2.75) is 63.1 Å². The zero-order chi connectivity index (χ0) is 30.5. The Hall–Kier alpha value is -2.50. The van der Waals surface area contributed by atoms with Gasteiger partial charge in [-0.3, -0.25) is 18.2 Å². The summed E-state index contributed by atoms with van der Waals surface area (Å²) in [6.45, 7) is 3.46. The van der Waals surface area contributed by atoms with E-state index in [-0.39, 0.29) is 23.9 Å². The van der Waals surface area contributed by atoms with Crippen LogP contribution in [0, 0.1) is 0 Å². The van der Waals surface area contributed by atoms with Gasteiger partial charge in [0.2, 0.25) is 0 Å². The van der Waals surface area contributed by atoms with Crippen LogP contribution in [0.1, 0.15) is 54.1 Å². The maximum atomic E-state index is 13.8. The summed E-state index contributed by atoms with van der Waals surface area (Å²) in [6, 6.07) is 22.5. The number of β-amino-alcohol motifs (C(OH)–C–C–N with tert-alkyl or cyclic N) is 1. The van der Waals surface area contributed by atoms with Crippen LogP contribution in [-0.2, 0) is 12.8 Å². The lowest BCUT2D eigenvalue weighted by molar-refractivity contribution is 0.0822. The Morgan fingerprint density at radius 3 is 2.45 bits per heavy atom. The molecule has 3 aromatic carbocycles. The summed E-state index contributed by atoms with van der Waals surface area (Å²) in [4.78, 5) is 13.8. The van der Waals surface area contributed by atoms with Crippen molar-refractivity contribution in [2.75, 3.05) is 35.0 Å². The largest absolute Gasteiger partial charge is 0.390 e. The Morgan fingerprint density at radius 2 is 1.77 bits per heavy atom. The van der Waals surface area contributed by atoms with E-state index in [1.54, 1.807) is 16.4 Å². The maximum absolute atomic E-state index is 13.8. The van der Waals surface area contributed by atoms with Crippen molar-refractivity contribution in [2.24, 2.45) is 0 Å². The monoisotopic (exact) mass is 662 g/mol. The first kappa shape index (κ1) is 34.4. The van der Waals surface area contributed by atoms with Gasteiger partial charge in [0, 0.05) is 41.4 Å². The van der Waals surface area contributed by atoms with Gasteiger partial charge >= 0.3 is 0 Å². The number of rotatable bonds is 13. The number of nitrogens with zero attached hydrogens (tertiary/aromatic N) is 1. The molecule has 0 unspecified atom stereocenters. The van der Waals surface area contributed by atoms with Gasteiger partial charge in [-0.1, -0.05) is 54.1 Å². The minimum atomic E-state index is -2.95. The third-order valence-electron chi connectivity index (χ3n) is 8.28. The van der Waals surface area contributed by atoms with Gasteiger partial charge in [0.1, 0.15) is 0 Å². The third kappa shape index (κ3) is 9.03. The molecule has 1 saturated carbocycles. The molecule has 1 saturated heterocycles. The Morgan fingerprint density at radius 1 is 1.02 bits per heavy atom. The molecule has 2 aliphatic rings. The van der Waals surface area contributed by atoms with Gasteiger partial charge in [-0.2, -0.15) is 0 Å². The van der Waals surface area contributed by atoms with Crippen LogP contribution in [-0.4, -0.2) is 63.2 Å². The zero-order valence-electron chi connectivity index (χ0n) is 25.0. The third-order valence-corrected chi connectivity index (χ3v) is 10.5. The van der Waals surface area contributed by atoms with Crippen molar-refractivity contribution in [3.63, 3.8) is 0 Å². The zero-order valence-corrected chi connectivity index (χ0v) is 27.4. The molecule has 5 rings (SSSR count). The number of anilines is 2. The number of hydrogen-bond acceptors (Lipinski definition) is 7. The fraction of sp³-hybridized carbons (Fsp3) is 0.424. The normalized spacial score (nSPS) is 18.8. The molecule has 3 aromatic rings. The number of hydrogen-bond donors (Lipinski definition) is 6. The molecule has 240 valence electrons. The molecule has 1 aliphatic carbocycles. The summed E-state index contributed by atoms with van der Waals surface area (Å²) < 4.78 is 23.1. The maximum Gasteiger partial charge on any atom is 0.251 e. The second-order valence-electron chi connectivity index (χ2n) is 11.7. The fourth-order valence-corrected chi connectivity index (χ4v) is 7.66. The highest BCUT2D eigenvalue weighted by Gasteiger charge is 2.42. The van der Waals surface area contributed by atoms with Gasteiger partial charge in [0.15, 0.2) is 0 Å². The number of carbonyl (C=O) groups is 1. The molecule has 11 heteroatoms. The number of halogens is 2. The lowest BCUT2D eigenvalue weighted by atomic mass is 9.99. The molecule has 0 aromatic heterocycles. The SMILES string of the molecule is CCNc1cc(C(=O)N[C@@H](Cc2ccccc2)[C@H](O)CNC2(Cc3cccc(Cl)c3)CC2)cc(N2CCCCS2(O)O)c1.Cl. The Bertz CT molecular complexity index is 1390. The Kier molecular flexibility index (Phi) is 11.9. The van der Waals surface area contributed by atoms with Crippen LogP contribution < -0.4 is 20.3 Å². The number of aliphatic hydroxyl groups is 1. The van der Waals surface area contributed by atoms with Crippen LogP contribution in [0.15, 0.2) is 72.8 Å². The summed E-state index contributed by atoms with van der Waals surface area (Å²) in [5.41, 5.74) is 3.80. The minimum absolute atomic E-state index is 0. The van der Waals surface area contributed by atoms with Crippen LogP contribution in [0.3, 0.4) is 0 Å². The molecule has 0 bridgehead atoms. The summed E-state index contributed by atoms with van der Waals surface area (Å²) >= 11 is 6.20. The van der Waals surface area contributed by atoms with Crippen molar-refractivity contribution in [1.82, 2.24) is 10.6 Å². The summed E-state index contributed by atoms with van der Waals surface area (Å²) in [5.74, 6) is -0.00793. The van der Waals surface area contributed by atoms with E-state index in [0.29, 0.717) is 48.1 Å². The number of benzene rings is 3. The molecule has 8 nitrogen and oxygen atoms in total. The van der Waals surface area contributed by atoms with E-state index >= 15 is 0 Å². The molecule has 0 spiro atoms. The standard InChI is InChI=1S/C33H43ClN4O4S.ClH/c1-2-35-28-19-26(20-29(21-28)38-15-6-7-16-43(38,41)42)32(40)37-30(18-24-9-4-3-5-10-24)31(39)23-36-33(13-14-33)22-25-11-8-12-27(34)17-25;/h3-5,8-12,17,19-21,30-31,35-36,39,41-42H,2,6-7,13-16,18,22-23H2,1H3,(H,37,40);1H/t30-,31+;/m0./s1. The highest BCUT2D eigenvalue weighted by Crippen LogP contribution is 2.50. The van der Waals surface area contributed by atoms with E-state index in [4.69, 9.17) is 11.6 Å². The summed E-state index contributed by atoms with van der Waals surface area (Å²) in [6.07, 6.45) is 4.07. The van der Waals surface area contributed by atoms with Crippen LogP contribution in [0.2, 0.25) is 5.02 Å². The van der Waals surface area contributed by atoms with E-state index in [0.717, 1.165) is 48.9 Å². The van der Waals surface area contributed by atoms with Gasteiger partial charge < -0.3 is 21.1 Å². The molecule has 44 heavy (non-hydrogen) atoms. The van der Waals surface area contributed by atoms with Gasteiger partial charge in [0.25, 0.3) is 5.91 Å². The van der Waals surface area contributed by atoms with E-state index < -0.39 is 22.9 Å². The first-order valence-electron chi connectivity index (χ1n) is 15.1. The predicted molar refractivity (Wildman–Crippen MR) is 185 cm³/mol. The molecule has 1 aliphatic heterocycles. The fourth-order valence-electron chi connectivity index (χ4n) is 5.77. The first-order valence-corrected chi connectivity index (χ1v) is 17.2. The van der Waals surface area contributed by atoms with Gasteiger partial charge in [-0.15, -0.1) is 23.2 Å². The van der Waals surface area contributed by atoms with E-state index in [2.05, 4.69) is 22.0 Å². The molecule has 6 N–H and O–H groups in total. The highest BCUT2D eigenvalue weighted by molar-refractivity contribution is 8.25. The van der Waals surface area contributed by atoms with Crippen molar-refractivity contribution in [1.29, 1.82) is 0 Å². The van der Waals surface area contributed by atoms with Crippen LogP contribution in [0.5, 0.6) is 0 Å². The first-order chi connectivity index (χ1) is 20.7. The van der Waals surface area contributed by atoms with Crippen molar-refractivity contribution in [3.05, 3.63) is 94.5 Å².